The van der Waals surface area contributed by atoms with E-state index in [1.54, 1.807) is 11.3 Å². The number of hydrogen-bond acceptors (Lipinski definition) is 4. The molecule has 0 radical (unpaired) electrons. The summed E-state index contributed by atoms with van der Waals surface area (Å²) in [7, 11) is 0. The van der Waals surface area contributed by atoms with Crippen LogP contribution in [-0.4, -0.2) is 36.1 Å². The van der Waals surface area contributed by atoms with Gasteiger partial charge in [-0.15, -0.1) is 11.3 Å². The van der Waals surface area contributed by atoms with Crippen LogP contribution in [-0.2, 0) is 0 Å². The van der Waals surface area contributed by atoms with Gasteiger partial charge in [0.2, 0.25) is 0 Å². The van der Waals surface area contributed by atoms with Crippen LogP contribution >= 0.6 is 11.3 Å². The lowest BCUT2D eigenvalue weighted by atomic mass is 9.89. The summed E-state index contributed by atoms with van der Waals surface area (Å²) < 4.78 is 0. The third-order valence-corrected chi connectivity index (χ3v) is 5.18. The van der Waals surface area contributed by atoms with Crippen LogP contribution in [0.5, 0.6) is 0 Å². The molecule has 2 atom stereocenters. The molecule has 0 bridgehead atoms. The monoisotopic (exact) mass is 265 g/mol. The van der Waals surface area contributed by atoms with Crippen molar-refractivity contribution in [2.75, 3.05) is 26.2 Å². The van der Waals surface area contributed by atoms with Crippen molar-refractivity contribution in [3.8, 4) is 0 Å². The van der Waals surface area contributed by atoms with Gasteiger partial charge in [-0.05, 0) is 44.7 Å². The van der Waals surface area contributed by atoms with Crippen LogP contribution in [0.15, 0.2) is 5.38 Å². The minimum Gasteiger partial charge on any atom is -0.316 e. The summed E-state index contributed by atoms with van der Waals surface area (Å²) in [4.78, 5) is 7.37. The van der Waals surface area contributed by atoms with Crippen molar-refractivity contribution in [3.63, 3.8) is 0 Å². The SMILES string of the molecule is Cc1nc([C@H]2CCCN2CC2(C)CCNC2)cs1. The molecule has 2 aliphatic heterocycles. The molecule has 1 aromatic heterocycles. The zero-order valence-electron chi connectivity index (χ0n) is 11.4. The molecule has 2 aliphatic rings. The number of thiazole rings is 1. The van der Waals surface area contributed by atoms with Crippen LogP contribution in [0.1, 0.15) is 42.9 Å². The van der Waals surface area contributed by atoms with Gasteiger partial charge in [0.05, 0.1) is 16.7 Å². The Hall–Kier alpha value is -0.450. The lowest BCUT2D eigenvalue weighted by molar-refractivity contribution is 0.163. The van der Waals surface area contributed by atoms with Crippen LogP contribution in [0.2, 0.25) is 0 Å². The topological polar surface area (TPSA) is 28.2 Å². The summed E-state index contributed by atoms with van der Waals surface area (Å²) in [6.07, 6.45) is 3.92. The van der Waals surface area contributed by atoms with Crippen molar-refractivity contribution in [1.82, 2.24) is 15.2 Å². The molecular formula is C14H23N3S. The number of nitrogens with zero attached hydrogens (tertiary/aromatic N) is 2. The van der Waals surface area contributed by atoms with Gasteiger partial charge >= 0.3 is 0 Å². The fourth-order valence-electron chi connectivity index (χ4n) is 3.38. The van der Waals surface area contributed by atoms with E-state index in [0.717, 1.165) is 0 Å². The molecule has 4 heteroatoms. The summed E-state index contributed by atoms with van der Waals surface area (Å²) in [5.74, 6) is 0. The smallest absolute Gasteiger partial charge is 0.0898 e. The first-order valence-electron chi connectivity index (χ1n) is 7.03. The maximum Gasteiger partial charge on any atom is 0.0898 e. The van der Waals surface area contributed by atoms with Crippen LogP contribution < -0.4 is 5.32 Å². The van der Waals surface area contributed by atoms with Gasteiger partial charge in [0.15, 0.2) is 0 Å². The average Bonchev–Trinajstić information content (AvgIpc) is 3.01. The first kappa shape index (κ1) is 12.6. The maximum absolute atomic E-state index is 4.70. The highest BCUT2D eigenvalue weighted by molar-refractivity contribution is 7.09. The molecule has 3 heterocycles. The molecule has 0 aromatic carbocycles. The standard InChI is InChI=1S/C14H23N3S/c1-11-16-12(8-18-11)13-4-3-7-17(13)10-14(2)5-6-15-9-14/h8,13,15H,3-7,9-10H2,1-2H3/t13-,14?/m1/s1. The van der Waals surface area contributed by atoms with Gasteiger partial charge in [0.25, 0.3) is 0 Å². The van der Waals surface area contributed by atoms with E-state index in [4.69, 9.17) is 4.98 Å². The number of nitrogens with one attached hydrogen (secondary N) is 1. The van der Waals surface area contributed by atoms with E-state index in [1.165, 1.54) is 56.1 Å². The molecule has 18 heavy (non-hydrogen) atoms. The van der Waals surface area contributed by atoms with E-state index in [-0.39, 0.29) is 0 Å². The van der Waals surface area contributed by atoms with Gasteiger partial charge in [-0.2, -0.15) is 0 Å². The van der Waals surface area contributed by atoms with Crippen LogP contribution in [0.25, 0.3) is 0 Å². The number of aryl methyl sites for hydroxylation is 1. The largest absolute Gasteiger partial charge is 0.316 e. The van der Waals surface area contributed by atoms with E-state index in [1.807, 2.05) is 0 Å². The summed E-state index contributed by atoms with van der Waals surface area (Å²) in [5.41, 5.74) is 1.78. The summed E-state index contributed by atoms with van der Waals surface area (Å²) in [6.45, 7) is 9.36. The van der Waals surface area contributed by atoms with E-state index in [2.05, 4.69) is 29.4 Å². The van der Waals surface area contributed by atoms with Crippen molar-refractivity contribution in [3.05, 3.63) is 16.1 Å². The average molecular weight is 265 g/mol. The molecule has 1 unspecified atom stereocenters. The Bertz CT molecular complexity index is 409. The lowest BCUT2D eigenvalue weighted by Crippen LogP contribution is -2.37. The molecule has 3 nitrogen and oxygen atoms in total. The quantitative estimate of drug-likeness (QED) is 0.910. The Kier molecular flexibility index (Phi) is 3.43. The summed E-state index contributed by atoms with van der Waals surface area (Å²) in [5, 5.41) is 6.96. The van der Waals surface area contributed by atoms with Crippen molar-refractivity contribution >= 4 is 11.3 Å². The Labute approximate surface area is 114 Å². The van der Waals surface area contributed by atoms with Gasteiger partial charge in [-0.25, -0.2) is 4.98 Å². The minimum absolute atomic E-state index is 0.466. The molecule has 100 valence electrons. The van der Waals surface area contributed by atoms with Crippen molar-refractivity contribution in [2.45, 2.75) is 39.2 Å². The molecular weight excluding hydrogens is 242 g/mol. The number of aromatic nitrogens is 1. The predicted octanol–water partition coefficient (Wildman–Crippen LogP) is 2.59. The molecule has 2 saturated heterocycles. The third-order valence-electron chi connectivity index (χ3n) is 4.38. The van der Waals surface area contributed by atoms with Crippen molar-refractivity contribution in [2.24, 2.45) is 5.41 Å². The van der Waals surface area contributed by atoms with Gasteiger partial charge < -0.3 is 5.32 Å². The third kappa shape index (κ3) is 2.46. The molecule has 0 aliphatic carbocycles. The minimum atomic E-state index is 0.466. The number of hydrogen-bond donors (Lipinski definition) is 1. The van der Waals surface area contributed by atoms with E-state index >= 15 is 0 Å². The second-order valence-corrected chi connectivity index (χ2v) is 7.22. The van der Waals surface area contributed by atoms with E-state index in [0.29, 0.717) is 11.5 Å². The second kappa shape index (κ2) is 4.91. The number of likely N-dealkylation sites (tertiary alicyclic amines) is 1. The molecule has 2 fully saturated rings. The van der Waals surface area contributed by atoms with Crippen molar-refractivity contribution in [1.29, 1.82) is 0 Å². The molecule has 0 spiro atoms. The van der Waals surface area contributed by atoms with Crippen LogP contribution in [0.3, 0.4) is 0 Å². The number of rotatable bonds is 3. The maximum atomic E-state index is 4.70. The molecule has 0 amide bonds. The first-order chi connectivity index (χ1) is 8.66. The van der Waals surface area contributed by atoms with E-state index < -0.39 is 0 Å². The summed E-state index contributed by atoms with van der Waals surface area (Å²) in [6, 6.07) is 0.576. The van der Waals surface area contributed by atoms with E-state index in [9.17, 15) is 0 Å². The first-order valence-corrected chi connectivity index (χ1v) is 7.91. The van der Waals surface area contributed by atoms with Gasteiger partial charge in [0, 0.05) is 18.5 Å². The normalized spacial score (nSPS) is 33.3. The highest BCUT2D eigenvalue weighted by Crippen LogP contribution is 2.36. The Balaban J connectivity index is 1.71. The lowest BCUT2D eigenvalue weighted by Gasteiger charge is -2.32. The van der Waals surface area contributed by atoms with Gasteiger partial charge in [-0.1, -0.05) is 6.92 Å². The Morgan fingerprint density at radius 3 is 3.17 bits per heavy atom. The second-order valence-electron chi connectivity index (χ2n) is 6.16. The summed E-state index contributed by atoms with van der Waals surface area (Å²) >= 11 is 1.79. The van der Waals surface area contributed by atoms with Crippen LogP contribution in [0, 0.1) is 12.3 Å². The highest BCUT2D eigenvalue weighted by Gasteiger charge is 2.36. The zero-order chi connectivity index (χ0) is 12.6. The van der Waals surface area contributed by atoms with Gasteiger partial charge in [-0.3, -0.25) is 4.90 Å². The molecule has 0 saturated carbocycles. The zero-order valence-corrected chi connectivity index (χ0v) is 12.2. The predicted molar refractivity (Wildman–Crippen MR) is 76.0 cm³/mol. The highest BCUT2D eigenvalue weighted by atomic mass is 32.1. The Morgan fingerprint density at radius 1 is 1.61 bits per heavy atom. The van der Waals surface area contributed by atoms with Crippen LogP contribution in [0.4, 0.5) is 0 Å². The van der Waals surface area contributed by atoms with Crippen molar-refractivity contribution < 1.29 is 0 Å². The van der Waals surface area contributed by atoms with Gasteiger partial charge in [0.1, 0.15) is 0 Å². The Morgan fingerprint density at radius 2 is 2.50 bits per heavy atom. The fourth-order valence-corrected chi connectivity index (χ4v) is 4.04. The fraction of sp³-hybridized carbons (Fsp3) is 0.786. The molecule has 1 N–H and O–H groups in total. The molecule has 1 aromatic rings. The molecule has 3 rings (SSSR count).